The molecular weight excluding hydrogens is 172 g/mol. The van der Waals surface area contributed by atoms with Gasteiger partial charge in [-0.1, -0.05) is 19.8 Å². The average Bonchev–Trinajstić information content (AvgIpc) is 2.67. The summed E-state index contributed by atoms with van der Waals surface area (Å²) in [5.41, 5.74) is 3.43. The summed E-state index contributed by atoms with van der Waals surface area (Å²) in [6, 6.07) is 4.10. The Balaban J connectivity index is 1.75. The van der Waals surface area contributed by atoms with Crippen LogP contribution >= 0.6 is 0 Å². The largest absolute Gasteiger partial charge is 0.326 e. The molecule has 1 heterocycles. The SMILES string of the molecule is CC1CCCC(CNn2cccc2)C1. The maximum Gasteiger partial charge on any atom is 0.0342 e. The van der Waals surface area contributed by atoms with Crippen molar-refractivity contribution >= 4 is 0 Å². The van der Waals surface area contributed by atoms with E-state index in [2.05, 4.69) is 41.6 Å². The monoisotopic (exact) mass is 192 g/mol. The Hall–Kier alpha value is -0.920. The van der Waals surface area contributed by atoms with E-state index in [1.807, 2.05) is 0 Å². The predicted octanol–water partition coefficient (Wildman–Crippen LogP) is 2.86. The molecule has 1 N–H and O–H groups in total. The Labute approximate surface area is 86.3 Å². The lowest BCUT2D eigenvalue weighted by Crippen LogP contribution is -2.25. The normalized spacial score (nSPS) is 27.5. The third-order valence-corrected chi connectivity index (χ3v) is 3.21. The van der Waals surface area contributed by atoms with Crippen molar-refractivity contribution in [2.75, 3.05) is 12.0 Å². The minimum Gasteiger partial charge on any atom is -0.326 e. The number of aromatic nitrogens is 1. The lowest BCUT2D eigenvalue weighted by atomic mass is 9.82. The van der Waals surface area contributed by atoms with Gasteiger partial charge in [0, 0.05) is 18.9 Å². The van der Waals surface area contributed by atoms with Gasteiger partial charge in [-0.2, -0.15) is 0 Å². The first kappa shape index (κ1) is 9.63. The first-order chi connectivity index (χ1) is 6.84. The molecule has 0 saturated heterocycles. The summed E-state index contributed by atoms with van der Waals surface area (Å²) >= 11 is 0. The van der Waals surface area contributed by atoms with Gasteiger partial charge in [0.2, 0.25) is 0 Å². The molecule has 0 bridgehead atoms. The van der Waals surface area contributed by atoms with Gasteiger partial charge in [-0.25, -0.2) is 0 Å². The number of hydrogen-bond acceptors (Lipinski definition) is 1. The van der Waals surface area contributed by atoms with E-state index in [9.17, 15) is 0 Å². The van der Waals surface area contributed by atoms with Crippen LogP contribution in [0.25, 0.3) is 0 Å². The molecule has 2 unspecified atom stereocenters. The summed E-state index contributed by atoms with van der Waals surface area (Å²) < 4.78 is 2.05. The van der Waals surface area contributed by atoms with E-state index in [0.717, 1.165) is 18.4 Å². The first-order valence-corrected chi connectivity index (χ1v) is 5.71. The van der Waals surface area contributed by atoms with Gasteiger partial charge in [0.15, 0.2) is 0 Å². The van der Waals surface area contributed by atoms with Crippen molar-refractivity contribution in [3.63, 3.8) is 0 Å². The molecule has 1 fully saturated rings. The molecule has 14 heavy (non-hydrogen) atoms. The smallest absolute Gasteiger partial charge is 0.0342 e. The van der Waals surface area contributed by atoms with Crippen LogP contribution < -0.4 is 5.43 Å². The van der Waals surface area contributed by atoms with E-state index >= 15 is 0 Å². The minimum atomic E-state index is 0.876. The molecule has 0 amide bonds. The molecule has 1 saturated carbocycles. The van der Waals surface area contributed by atoms with Crippen LogP contribution in [0.3, 0.4) is 0 Å². The maximum absolute atomic E-state index is 3.43. The fourth-order valence-corrected chi connectivity index (χ4v) is 2.42. The van der Waals surface area contributed by atoms with Crippen LogP contribution in [0.4, 0.5) is 0 Å². The standard InChI is InChI=1S/C12H20N2/c1-11-5-4-6-12(9-11)10-13-14-7-2-3-8-14/h2-3,7-8,11-13H,4-6,9-10H2,1H3. The third kappa shape index (κ3) is 2.53. The molecule has 0 spiro atoms. The van der Waals surface area contributed by atoms with E-state index in [4.69, 9.17) is 0 Å². The van der Waals surface area contributed by atoms with Crippen LogP contribution in [0.2, 0.25) is 0 Å². The zero-order valence-electron chi connectivity index (χ0n) is 8.95. The van der Waals surface area contributed by atoms with Crippen molar-refractivity contribution in [3.8, 4) is 0 Å². The van der Waals surface area contributed by atoms with E-state index in [-0.39, 0.29) is 0 Å². The summed E-state index contributed by atoms with van der Waals surface area (Å²) in [4.78, 5) is 0. The van der Waals surface area contributed by atoms with Crippen molar-refractivity contribution in [1.29, 1.82) is 0 Å². The third-order valence-electron chi connectivity index (χ3n) is 3.21. The first-order valence-electron chi connectivity index (χ1n) is 5.71. The van der Waals surface area contributed by atoms with E-state index in [1.165, 1.54) is 25.7 Å². The predicted molar refractivity (Wildman–Crippen MR) is 59.8 cm³/mol. The van der Waals surface area contributed by atoms with E-state index in [0.29, 0.717) is 0 Å². The number of hydrogen-bond donors (Lipinski definition) is 1. The quantitative estimate of drug-likeness (QED) is 0.779. The summed E-state index contributed by atoms with van der Waals surface area (Å²) in [6.45, 7) is 3.50. The highest BCUT2D eigenvalue weighted by Crippen LogP contribution is 2.27. The van der Waals surface area contributed by atoms with Gasteiger partial charge in [-0.05, 0) is 36.8 Å². The van der Waals surface area contributed by atoms with Gasteiger partial charge in [0.25, 0.3) is 0 Å². The van der Waals surface area contributed by atoms with E-state index in [1.54, 1.807) is 0 Å². The molecule has 0 aromatic carbocycles. The van der Waals surface area contributed by atoms with Gasteiger partial charge >= 0.3 is 0 Å². The highest BCUT2D eigenvalue weighted by molar-refractivity contribution is 4.93. The van der Waals surface area contributed by atoms with Gasteiger partial charge in [-0.15, -0.1) is 0 Å². The van der Waals surface area contributed by atoms with Crippen LogP contribution in [0.1, 0.15) is 32.6 Å². The van der Waals surface area contributed by atoms with Gasteiger partial charge < -0.3 is 5.43 Å². The van der Waals surface area contributed by atoms with E-state index < -0.39 is 0 Å². The minimum absolute atomic E-state index is 0.876. The summed E-state index contributed by atoms with van der Waals surface area (Å²) in [5, 5.41) is 0. The Morgan fingerprint density at radius 3 is 2.79 bits per heavy atom. The zero-order valence-corrected chi connectivity index (χ0v) is 8.95. The van der Waals surface area contributed by atoms with Crippen molar-refractivity contribution in [2.24, 2.45) is 11.8 Å². The second-order valence-electron chi connectivity index (χ2n) is 4.59. The number of rotatable bonds is 3. The lowest BCUT2D eigenvalue weighted by Gasteiger charge is -2.27. The molecule has 1 aromatic rings. The van der Waals surface area contributed by atoms with Crippen LogP contribution in [-0.4, -0.2) is 11.2 Å². The van der Waals surface area contributed by atoms with Gasteiger partial charge in [0.05, 0.1) is 0 Å². The molecule has 1 aromatic heterocycles. The van der Waals surface area contributed by atoms with Crippen molar-refractivity contribution in [3.05, 3.63) is 24.5 Å². The van der Waals surface area contributed by atoms with Crippen molar-refractivity contribution < 1.29 is 0 Å². The lowest BCUT2D eigenvalue weighted by molar-refractivity contribution is 0.289. The topological polar surface area (TPSA) is 17.0 Å². The Morgan fingerprint density at radius 2 is 2.07 bits per heavy atom. The number of nitrogens with zero attached hydrogens (tertiary/aromatic N) is 1. The average molecular weight is 192 g/mol. The van der Waals surface area contributed by atoms with Crippen LogP contribution in [0.15, 0.2) is 24.5 Å². The summed E-state index contributed by atoms with van der Waals surface area (Å²) in [6.07, 6.45) is 9.77. The molecule has 2 atom stereocenters. The fourth-order valence-electron chi connectivity index (χ4n) is 2.42. The molecule has 78 valence electrons. The zero-order chi connectivity index (χ0) is 9.80. The van der Waals surface area contributed by atoms with Crippen LogP contribution in [0, 0.1) is 11.8 Å². The fraction of sp³-hybridized carbons (Fsp3) is 0.667. The molecule has 2 heteroatoms. The Bertz CT molecular complexity index is 253. The van der Waals surface area contributed by atoms with Gasteiger partial charge in [-0.3, -0.25) is 4.68 Å². The van der Waals surface area contributed by atoms with Crippen molar-refractivity contribution in [1.82, 2.24) is 4.68 Å². The van der Waals surface area contributed by atoms with Crippen LogP contribution in [-0.2, 0) is 0 Å². The summed E-state index contributed by atoms with van der Waals surface area (Å²) in [5.74, 6) is 1.81. The Morgan fingerprint density at radius 1 is 1.29 bits per heavy atom. The second-order valence-corrected chi connectivity index (χ2v) is 4.59. The maximum atomic E-state index is 3.43. The van der Waals surface area contributed by atoms with Crippen LogP contribution in [0.5, 0.6) is 0 Å². The highest BCUT2D eigenvalue weighted by atomic mass is 15.4. The molecule has 0 aliphatic heterocycles. The number of nitrogens with one attached hydrogen (secondary N) is 1. The molecular formula is C12H20N2. The highest BCUT2D eigenvalue weighted by Gasteiger charge is 2.18. The molecule has 1 aliphatic carbocycles. The van der Waals surface area contributed by atoms with Crippen molar-refractivity contribution in [2.45, 2.75) is 32.6 Å². The molecule has 2 nitrogen and oxygen atoms in total. The molecule has 2 rings (SSSR count). The summed E-state index contributed by atoms with van der Waals surface area (Å²) in [7, 11) is 0. The Kier molecular flexibility index (Phi) is 3.12. The molecule has 1 aliphatic rings. The second kappa shape index (κ2) is 4.54. The molecule has 0 radical (unpaired) electrons. The van der Waals surface area contributed by atoms with Gasteiger partial charge in [0.1, 0.15) is 0 Å².